The highest BCUT2D eigenvalue weighted by Crippen LogP contribution is 2.24. The molecule has 0 radical (unpaired) electrons. The van der Waals surface area contributed by atoms with Gasteiger partial charge in [-0.2, -0.15) is 0 Å². The van der Waals surface area contributed by atoms with Gasteiger partial charge in [-0.1, -0.05) is 18.2 Å². The van der Waals surface area contributed by atoms with Gasteiger partial charge in [0.25, 0.3) is 11.8 Å². The van der Waals surface area contributed by atoms with Gasteiger partial charge in [-0.25, -0.2) is 4.98 Å². The van der Waals surface area contributed by atoms with Crippen LogP contribution in [0.4, 0.5) is 0 Å². The van der Waals surface area contributed by atoms with Gasteiger partial charge in [-0.05, 0) is 24.3 Å². The number of nitrogens with two attached hydrogens (primary N) is 1. The van der Waals surface area contributed by atoms with Crippen molar-refractivity contribution in [2.75, 3.05) is 20.3 Å². The molecule has 0 unspecified atom stereocenters. The third-order valence-corrected chi connectivity index (χ3v) is 5.81. The summed E-state index contributed by atoms with van der Waals surface area (Å²) in [7, 11) is 1.66. The summed E-state index contributed by atoms with van der Waals surface area (Å²) in [4.78, 5) is 34.5. The van der Waals surface area contributed by atoms with E-state index in [0.29, 0.717) is 60.6 Å². The van der Waals surface area contributed by atoms with E-state index in [0.717, 1.165) is 17.2 Å². The van der Waals surface area contributed by atoms with E-state index in [9.17, 15) is 9.59 Å². The van der Waals surface area contributed by atoms with Crippen LogP contribution in [0.1, 0.15) is 32.4 Å². The largest absolute Gasteiger partial charge is 0.384 e. The van der Waals surface area contributed by atoms with Gasteiger partial charge in [0.1, 0.15) is 17.2 Å². The molecule has 2 aromatic heterocycles. The fraction of sp³-hybridized carbons (Fsp3) is 0.261. The minimum Gasteiger partial charge on any atom is -0.384 e. The second kappa shape index (κ2) is 8.47. The first-order valence-electron chi connectivity index (χ1n) is 10.6. The highest BCUT2D eigenvalue weighted by Gasteiger charge is 2.25. The summed E-state index contributed by atoms with van der Waals surface area (Å²) in [6.07, 6.45) is 0.689. The molecule has 0 aliphatic carbocycles. The molecule has 3 heterocycles. The number of H-pyrrole nitrogens is 1. The van der Waals surface area contributed by atoms with Crippen molar-refractivity contribution in [3.8, 4) is 11.4 Å². The lowest BCUT2D eigenvalue weighted by Gasteiger charge is -2.28. The van der Waals surface area contributed by atoms with Gasteiger partial charge in [0.2, 0.25) is 0 Å². The van der Waals surface area contributed by atoms with E-state index >= 15 is 0 Å². The second-order valence-corrected chi connectivity index (χ2v) is 7.89. The van der Waals surface area contributed by atoms with Gasteiger partial charge in [0.05, 0.1) is 24.2 Å². The molecule has 2 aromatic carbocycles. The molecule has 0 saturated heterocycles. The Labute approximate surface area is 189 Å². The standard InChI is InChI=1S/C23H23N7O3/c1-33-11-8-18-27-28-19-13-29(9-10-30(18)19)23(32)15-5-2-4-14(12-15)22-25-17-7-3-6-16(21(24)31)20(17)26-22/h2-7,12H,8-11,13H2,1H3,(H2,24,31)(H,25,26). The highest BCUT2D eigenvalue weighted by molar-refractivity contribution is 6.04. The zero-order valence-corrected chi connectivity index (χ0v) is 18.1. The van der Waals surface area contributed by atoms with Crippen molar-refractivity contribution in [2.24, 2.45) is 5.73 Å². The molecular formula is C23H23N7O3. The van der Waals surface area contributed by atoms with Gasteiger partial charge in [0.15, 0.2) is 5.82 Å². The summed E-state index contributed by atoms with van der Waals surface area (Å²) in [6, 6.07) is 12.5. The van der Waals surface area contributed by atoms with Crippen LogP contribution in [0.3, 0.4) is 0 Å². The molecule has 2 amide bonds. The van der Waals surface area contributed by atoms with Crippen LogP contribution in [-0.4, -0.2) is 61.7 Å². The van der Waals surface area contributed by atoms with Gasteiger partial charge < -0.3 is 24.9 Å². The van der Waals surface area contributed by atoms with Crippen LogP contribution in [0.25, 0.3) is 22.4 Å². The molecule has 33 heavy (non-hydrogen) atoms. The first kappa shape index (κ1) is 20.8. The summed E-state index contributed by atoms with van der Waals surface area (Å²) < 4.78 is 7.19. The molecule has 1 aliphatic rings. The Morgan fingerprint density at radius 2 is 2.00 bits per heavy atom. The van der Waals surface area contributed by atoms with E-state index < -0.39 is 5.91 Å². The maximum Gasteiger partial charge on any atom is 0.254 e. The molecule has 10 heteroatoms. The number of primary amides is 1. The lowest BCUT2D eigenvalue weighted by Crippen LogP contribution is -2.38. The quantitative estimate of drug-likeness (QED) is 0.465. The summed E-state index contributed by atoms with van der Waals surface area (Å²) >= 11 is 0. The fourth-order valence-electron chi connectivity index (χ4n) is 4.12. The van der Waals surface area contributed by atoms with Crippen LogP contribution in [0.15, 0.2) is 42.5 Å². The molecule has 4 aromatic rings. The molecule has 5 rings (SSSR count). The number of fused-ring (bicyclic) bond motifs is 2. The Bertz CT molecular complexity index is 1360. The predicted octanol–water partition coefficient (Wildman–Crippen LogP) is 1.77. The number of hydrogen-bond acceptors (Lipinski definition) is 6. The number of carbonyl (C=O) groups excluding carboxylic acids is 2. The molecule has 0 atom stereocenters. The van der Waals surface area contributed by atoms with E-state index in [-0.39, 0.29) is 5.91 Å². The third-order valence-electron chi connectivity index (χ3n) is 5.81. The number of hydrogen-bond donors (Lipinski definition) is 2. The number of para-hydroxylation sites is 1. The topological polar surface area (TPSA) is 132 Å². The highest BCUT2D eigenvalue weighted by atomic mass is 16.5. The van der Waals surface area contributed by atoms with Crippen LogP contribution in [0, 0.1) is 0 Å². The first-order valence-corrected chi connectivity index (χ1v) is 10.6. The van der Waals surface area contributed by atoms with E-state index in [1.165, 1.54) is 0 Å². The number of ether oxygens (including phenoxy) is 1. The van der Waals surface area contributed by atoms with Crippen molar-refractivity contribution in [2.45, 2.75) is 19.5 Å². The molecule has 0 fully saturated rings. The monoisotopic (exact) mass is 445 g/mol. The smallest absolute Gasteiger partial charge is 0.254 e. The molecule has 168 valence electrons. The van der Waals surface area contributed by atoms with Crippen molar-refractivity contribution < 1.29 is 14.3 Å². The normalized spacial score (nSPS) is 13.3. The lowest BCUT2D eigenvalue weighted by atomic mass is 10.1. The van der Waals surface area contributed by atoms with Gasteiger partial charge >= 0.3 is 0 Å². The summed E-state index contributed by atoms with van der Waals surface area (Å²) in [5.41, 5.74) is 8.34. The summed E-state index contributed by atoms with van der Waals surface area (Å²) in [6.45, 7) is 2.19. The second-order valence-electron chi connectivity index (χ2n) is 7.89. The molecule has 0 spiro atoms. The Hall–Kier alpha value is -4.05. The summed E-state index contributed by atoms with van der Waals surface area (Å²) in [5.74, 6) is 1.59. The van der Waals surface area contributed by atoms with Crippen molar-refractivity contribution in [1.29, 1.82) is 0 Å². The number of carbonyl (C=O) groups is 2. The van der Waals surface area contributed by atoms with Gasteiger partial charge in [-0.15, -0.1) is 10.2 Å². The number of nitrogens with one attached hydrogen (secondary N) is 1. The fourth-order valence-corrected chi connectivity index (χ4v) is 4.12. The average Bonchev–Trinajstić information content (AvgIpc) is 3.45. The van der Waals surface area contributed by atoms with Crippen LogP contribution in [-0.2, 0) is 24.2 Å². The minimum atomic E-state index is -0.536. The minimum absolute atomic E-state index is 0.0847. The number of methoxy groups -OCH3 is 1. The zero-order valence-electron chi connectivity index (χ0n) is 18.1. The third kappa shape index (κ3) is 3.85. The Balaban J connectivity index is 1.39. The number of aromatic amines is 1. The van der Waals surface area contributed by atoms with Gasteiger partial charge in [-0.3, -0.25) is 9.59 Å². The maximum atomic E-state index is 13.2. The average molecular weight is 445 g/mol. The lowest BCUT2D eigenvalue weighted by molar-refractivity contribution is 0.0705. The Morgan fingerprint density at radius 1 is 1.15 bits per heavy atom. The van der Waals surface area contributed by atoms with E-state index in [2.05, 4.69) is 24.7 Å². The van der Waals surface area contributed by atoms with Crippen molar-refractivity contribution in [3.05, 3.63) is 65.2 Å². The number of aromatic nitrogens is 5. The molecule has 10 nitrogen and oxygen atoms in total. The van der Waals surface area contributed by atoms with E-state index in [1.807, 2.05) is 18.2 Å². The van der Waals surface area contributed by atoms with E-state index in [4.69, 9.17) is 10.5 Å². The number of amides is 2. The van der Waals surface area contributed by atoms with Gasteiger partial charge in [0, 0.05) is 37.7 Å². The number of rotatable bonds is 6. The SMILES string of the molecule is COCCc1nnc2n1CCN(C(=O)c1cccc(-c3nc4c(C(N)=O)cccc4[nH]3)c1)C2. The Morgan fingerprint density at radius 3 is 2.82 bits per heavy atom. The van der Waals surface area contributed by atoms with Crippen molar-refractivity contribution in [1.82, 2.24) is 29.6 Å². The first-order chi connectivity index (χ1) is 16.0. The van der Waals surface area contributed by atoms with Crippen LogP contribution in [0.5, 0.6) is 0 Å². The molecular weight excluding hydrogens is 422 g/mol. The van der Waals surface area contributed by atoms with E-state index in [1.54, 1.807) is 36.3 Å². The molecule has 1 aliphatic heterocycles. The van der Waals surface area contributed by atoms with Crippen LogP contribution in [0.2, 0.25) is 0 Å². The van der Waals surface area contributed by atoms with Crippen molar-refractivity contribution >= 4 is 22.8 Å². The maximum absolute atomic E-state index is 13.2. The molecule has 0 bridgehead atoms. The zero-order chi connectivity index (χ0) is 22.9. The van der Waals surface area contributed by atoms with Crippen molar-refractivity contribution in [3.63, 3.8) is 0 Å². The molecule has 0 saturated carbocycles. The number of imidazole rings is 1. The molecule has 3 N–H and O–H groups in total. The number of nitrogens with zero attached hydrogens (tertiary/aromatic N) is 5. The Kier molecular flexibility index (Phi) is 5.35. The van der Waals surface area contributed by atoms with Crippen LogP contribution >= 0.6 is 0 Å². The summed E-state index contributed by atoms with van der Waals surface area (Å²) in [5, 5.41) is 8.50. The predicted molar refractivity (Wildman–Crippen MR) is 120 cm³/mol. The van der Waals surface area contributed by atoms with Crippen LogP contribution < -0.4 is 5.73 Å². The number of benzene rings is 2.